The Hall–Kier alpha value is -1.75. The SMILES string of the molecule is COc1ccccc1OCCN1CCC(C)CC1C(=O)O. The molecule has 1 heterocycles. The summed E-state index contributed by atoms with van der Waals surface area (Å²) in [5, 5.41) is 9.32. The molecule has 0 saturated carbocycles. The van der Waals surface area contributed by atoms with Gasteiger partial charge < -0.3 is 14.6 Å². The number of ether oxygens (including phenoxy) is 2. The van der Waals surface area contributed by atoms with Crippen molar-refractivity contribution in [3.63, 3.8) is 0 Å². The Kier molecular flexibility index (Phi) is 5.44. The molecule has 0 spiro atoms. The van der Waals surface area contributed by atoms with Gasteiger partial charge in [-0.1, -0.05) is 19.1 Å². The highest BCUT2D eigenvalue weighted by Gasteiger charge is 2.31. The van der Waals surface area contributed by atoms with Gasteiger partial charge in [0.25, 0.3) is 0 Å². The van der Waals surface area contributed by atoms with E-state index in [2.05, 4.69) is 6.92 Å². The number of rotatable bonds is 6. The largest absolute Gasteiger partial charge is 0.493 e. The molecule has 1 aliphatic heterocycles. The molecule has 2 rings (SSSR count). The fraction of sp³-hybridized carbons (Fsp3) is 0.562. The molecular formula is C16H23NO4. The van der Waals surface area contributed by atoms with E-state index >= 15 is 0 Å². The van der Waals surface area contributed by atoms with Crippen LogP contribution in [0, 0.1) is 5.92 Å². The van der Waals surface area contributed by atoms with Gasteiger partial charge in [-0.15, -0.1) is 0 Å². The number of carboxylic acid groups (broad SMARTS) is 1. The Balaban J connectivity index is 1.88. The first-order chi connectivity index (χ1) is 10.1. The number of hydrogen-bond acceptors (Lipinski definition) is 4. The average molecular weight is 293 g/mol. The number of hydrogen-bond donors (Lipinski definition) is 1. The topological polar surface area (TPSA) is 59.0 Å². The third-order valence-electron chi connectivity index (χ3n) is 3.97. The van der Waals surface area contributed by atoms with Gasteiger partial charge in [0.15, 0.2) is 11.5 Å². The second-order valence-electron chi connectivity index (χ2n) is 5.52. The first-order valence-electron chi connectivity index (χ1n) is 7.34. The summed E-state index contributed by atoms with van der Waals surface area (Å²) in [4.78, 5) is 13.3. The molecular weight excluding hydrogens is 270 g/mol. The van der Waals surface area contributed by atoms with Crippen LogP contribution >= 0.6 is 0 Å². The van der Waals surface area contributed by atoms with Gasteiger partial charge in [-0.05, 0) is 37.4 Å². The molecule has 5 nitrogen and oxygen atoms in total. The Labute approximate surface area is 125 Å². The first-order valence-corrected chi connectivity index (χ1v) is 7.34. The third-order valence-corrected chi connectivity index (χ3v) is 3.97. The Morgan fingerprint density at radius 2 is 2.10 bits per heavy atom. The van der Waals surface area contributed by atoms with Crippen LogP contribution in [-0.2, 0) is 4.79 Å². The molecule has 116 valence electrons. The highest BCUT2D eigenvalue weighted by molar-refractivity contribution is 5.73. The van der Waals surface area contributed by atoms with Crippen LogP contribution in [0.4, 0.5) is 0 Å². The standard InChI is InChI=1S/C16H23NO4/c1-12-7-8-17(13(11-12)16(18)19)9-10-21-15-6-4-3-5-14(15)20-2/h3-6,12-13H,7-11H2,1-2H3,(H,18,19). The Bertz CT molecular complexity index is 477. The van der Waals surface area contributed by atoms with Crippen molar-refractivity contribution in [2.75, 3.05) is 26.8 Å². The predicted molar refractivity (Wildman–Crippen MR) is 79.9 cm³/mol. The van der Waals surface area contributed by atoms with Gasteiger partial charge in [-0.25, -0.2) is 0 Å². The summed E-state index contributed by atoms with van der Waals surface area (Å²) in [7, 11) is 1.61. The number of methoxy groups -OCH3 is 1. The van der Waals surface area contributed by atoms with Gasteiger partial charge >= 0.3 is 5.97 Å². The number of nitrogens with zero attached hydrogens (tertiary/aromatic N) is 1. The Morgan fingerprint density at radius 3 is 2.76 bits per heavy atom. The number of aliphatic carboxylic acids is 1. The molecule has 1 aromatic carbocycles. The molecule has 0 aromatic heterocycles. The molecule has 0 bridgehead atoms. The molecule has 1 aromatic rings. The van der Waals surface area contributed by atoms with Crippen LogP contribution in [0.25, 0.3) is 0 Å². The van der Waals surface area contributed by atoms with E-state index in [1.54, 1.807) is 7.11 Å². The van der Waals surface area contributed by atoms with E-state index in [4.69, 9.17) is 9.47 Å². The third kappa shape index (κ3) is 4.11. The summed E-state index contributed by atoms with van der Waals surface area (Å²) in [5.74, 6) is 1.12. The minimum atomic E-state index is -0.737. The molecule has 21 heavy (non-hydrogen) atoms. The van der Waals surface area contributed by atoms with E-state index in [0.29, 0.717) is 37.0 Å². The minimum absolute atomic E-state index is 0.394. The number of carbonyl (C=O) groups is 1. The molecule has 2 unspecified atom stereocenters. The molecule has 1 saturated heterocycles. The van der Waals surface area contributed by atoms with Gasteiger partial charge in [0, 0.05) is 6.54 Å². The van der Waals surface area contributed by atoms with Crippen molar-refractivity contribution < 1.29 is 19.4 Å². The van der Waals surface area contributed by atoms with Crippen LogP contribution in [0.5, 0.6) is 11.5 Å². The maximum absolute atomic E-state index is 11.3. The fourth-order valence-electron chi connectivity index (χ4n) is 2.73. The van der Waals surface area contributed by atoms with Crippen molar-refractivity contribution in [1.29, 1.82) is 0 Å². The Morgan fingerprint density at radius 1 is 1.38 bits per heavy atom. The van der Waals surface area contributed by atoms with Crippen molar-refractivity contribution in [2.24, 2.45) is 5.92 Å². The average Bonchev–Trinajstić information content (AvgIpc) is 2.49. The second-order valence-corrected chi connectivity index (χ2v) is 5.52. The number of likely N-dealkylation sites (tertiary alicyclic amines) is 1. The lowest BCUT2D eigenvalue weighted by Crippen LogP contribution is -2.48. The van der Waals surface area contributed by atoms with Crippen molar-refractivity contribution in [2.45, 2.75) is 25.8 Å². The van der Waals surface area contributed by atoms with E-state index in [1.165, 1.54) is 0 Å². The maximum atomic E-state index is 11.3. The van der Waals surface area contributed by atoms with Gasteiger partial charge in [-0.3, -0.25) is 9.69 Å². The summed E-state index contributed by atoms with van der Waals surface area (Å²) >= 11 is 0. The van der Waals surface area contributed by atoms with Crippen LogP contribution in [0.3, 0.4) is 0 Å². The van der Waals surface area contributed by atoms with Crippen molar-refractivity contribution in [3.05, 3.63) is 24.3 Å². The van der Waals surface area contributed by atoms with Crippen molar-refractivity contribution in [3.8, 4) is 11.5 Å². The summed E-state index contributed by atoms with van der Waals surface area (Å²) in [6.45, 7) is 3.99. The minimum Gasteiger partial charge on any atom is -0.493 e. The second kappa shape index (κ2) is 7.31. The van der Waals surface area contributed by atoms with Crippen LogP contribution in [0.1, 0.15) is 19.8 Å². The van der Waals surface area contributed by atoms with E-state index in [0.717, 1.165) is 13.0 Å². The number of piperidine rings is 1. The van der Waals surface area contributed by atoms with Gasteiger partial charge in [0.1, 0.15) is 12.6 Å². The molecule has 1 aliphatic rings. The van der Waals surface area contributed by atoms with Crippen LogP contribution in [-0.4, -0.2) is 48.8 Å². The predicted octanol–water partition coefficient (Wildman–Crippen LogP) is 2.26. The number of para-hydroxylation sites is 2. The van der Waals surface area contributed by atoms with E-state index in [-0.39, 0.29) is 0 Å². The smallest absolute Gasteiger partial charge is 0.320 e. The normalized spacial score (nSPS) is 22.8. The highest BCUT2D eigenvalue weighted by Crippen LogP contribution is 2.26. The lowest BCUT2D eigenvalue weighted by molar-refractivity contribution is -0.145. The molecule has 5 heteroatoms. The van der Waals surface area contributed by atoms with Crippen LogP contribution in [0.2, 0.25) is 0 Å². The van der Waals surface area contributed by atoms with E-state index in [9.17, 15) is 9.90 Å². The van der Waals surface area contributed by atoms with E-state index in [1.807, 2.05) is 29.2 Å². The number of carboxylic acids is 1. The molecule has 1 N–H and O–H groups in total. The zero-order valence-electron chi connectivity index (χ0n) is 12.6. The first kappa shape index (κ1) is 15.6. The summed E-state index contributed by atoms with van der Waals surface area (Å²) in [5.41, 5.74) is 0. The summed E-state index contributed by atoms with van der Waals surface area (Å²) in [6, 6.07) is 7.08. The molecule has 0 radical (unpaired) electrons. The number of benzene rings is 1. The fourth-order valence-corrected chi connectivity index (χ4v) is 2.73. The zero-order valence-corrected chi connectivity index (χ0v) is 12.6. The monoisotopic (exact) mass is 293 g/mol. The van der Waals surface area contributed by atoms with Crippen molar-refractivity contribution in [1.82, 2.24) is 4.90 Å². The van der Waals surface area contributed by atoms with Crippen molar-refractivity contribution >= 4 is 5.97 Å². The summed E-state index contributed by atoms with van der Waals surface area (Å²) in [6.07, 6.45) is 1.75. The molecule has 0 aliphatic carbocycles. The van der Waals surface area contributed by atoms with Gasteiger partial charge in [0.2, 0.25) is 0 Å². The zero-order chi connectivity index (χ0) is 15.2. The van der Waals surface area contributed by atoms with Crippen LogP contribution in [0.15, 0.2) is 24.3 Å². The van der Waals surface area contributed by atoms with E-state index < -0.39 is 12.0 Å². The van der Waals surface area contributed by atoms with Crippen LogP contribution < -0.4 is 9.47 Å². The quantitative estimate of drug-likeness (QED) is 0.872. The summed E-state index contributed by atoms with van der Waals surface area (Å²) < 4.78 is 11.0. The van der Waals surface area contributed by atoms with Gasteiger partial charge in [0.05, 0.1) is 7.11 Å². The molecule has 1 fully saturated rings. The lowest BCUT2D eigenvalue weighted by atomic mass is 9.92. The van der Waals surface area contributed by atoms with Gasteiger partial charge in [-0.2, -0.15) is 0 Å². The molecule has 0 amide bonds. The maximum Gasteiger partial charge on any atom is 0.320 e. The lowest BCUT2D eigenvalue weighted by Gasteiger charge is -2.35. The highest BCUT2D eigenvalue weighted by atomic mass is 16.5. The molecule has 2 atom stereocenters.